The van der Waals surface area contributed by atoms with Gasteiger partial charge in [-0.15, -0.1) is 0 Å². The summed E-state index contributed by atoms with van der Waals surface area (Å²) in [5, 5.41) is 1.08. The summed E-state index contributed by atoms with van der Waals surface area (Å²) in [6.07, 6.45) is 2.51. The standard InChI is InChI=1S/C13H27BrN2O/c1-3-13(4-2)16(6-5-14)8-7-15-9-11-17-12-10-15/h13H,3-12H2,1-2H3. The van der Waals surface area contributed by atoms with Gasteiger partial charge >= 0.3 is 0 Å². The second-order valence-corrected chi connectivity index (χ2v) is 5.44. The molecule has 0 radical (unpaired) electrons. The summed E-state index contributed by atoms with van der Waals surface area (Å²) in [5.41, 5.74) is 0. The lowest BCUT2D eigenvalue weighted by Crippen LogP contribution is -2.44. The van der Waals surface area contributed by atoms with Gasteiger partial charge in [0, 0.05) is 44.1 Å². The fourth-order valence-corrected chi connectivity index (χ4v) is 2.94. The van der Waals surface area contributed by atoms with Crippen LogP contribution in [0.1, 0.15) is 26.7 Å². The summed E-state index contributed by atoms with van der Waals surface area (Å²) >= 11 is 3.57. The van der Waals surface area contributed by atoms with Crippen molar-refractivity contribution in [1.82, 2.24) is 9.80 Å². The highest BCUT2D eigenvalue weighted by atomic mass is 79.9. The van der Waals surface area contributed by atoms with Crippen LogP contribution in [-0.4, -0.2) is 67.1 Å². The van der Waals surface area contributed by atoms with Gasteiger partial charge < -0.3 is 4.74 Å². The molecule has 1 aliphatic rings. The van der Waals surface area contributed by atoms with Crippen LogP contribution in [0.3, 0.4) is 0 Å². The smallest absolute Gasteiger partial charge is 0.0594 e. The molecule has 0 aliphatic carbocycles. The number of hydrogen-bond acceptors (Lipinski definition) is 3. The van der Waals surface area contributed by atoms with E-state index in [4.69, 9.17) is 4.74 Å². The predicted octanol–water partition coefficient (Wildman–Crippen LogP) is 2.20. The van der Waals surface area contributed by atoms with Crippen LogP contribution in [0.5, 0.6) is 0 Å². The van der Waals surface area contributed by atoms with Crippen molar-refractivity contribution in [2.24, 2.45) is 0 Å². The van der Waals surface area contributed by atoms with Crippen LogP contribution >= 0.6 is 15.9 Å². The Labute approximate surface area is 115 Å². The van der Waals surface area contributed by atoms with E-state index >= 15 is 0 Å². The summed E-state index contributed by atoms with van der Waals surface area (Å²) in [6, 6.07) is 0.744. The molecule has 0 spiro atoms. The fourth-order valence-electron chi connectivity index (χ4n) is 2.49. The van der Waals surface area contributed by atoms with Crippen molar-refractivity contribution < 1.29 is 4.74 Å². The average Bonchev–Trinajstić information content (AvgIpc) is 2.38. The zero-order valence-corrected chi connectivity index (χ0v) is 12.9. The van der Waals surface area contributed by atoms with Gasteiger partial charge in [-0.1, -0.05) is 29.8 Å². The molecule has 1 aliphatic heterocycles. The van der Waals surface area contributed by atoms with Crippen molar-refractivity contribution in [3.05, 3.63) is 0 Å². The van der Waals surface area contributed by atoms with Gasteiger partial charge in [0.25, 0.3) is 0 Å². The quantitative estimate of drug-likeness (QED) is 0.640. The maximum absolute atomic E-state index is 5.38. The Kier molecular flexibility index (Phi) is 8.44. The third-order valence-electron chi connectivity index (χ3n) is 3.64. The average molecular weight is 307 g/mol. The minimum atomic E-state index is 0.744. The Morgan fingerprint density at radius 3 is 2.35 bits per heavy atom. The zero-order valence-electron chi connectivity index (χ0n) is 11.3. The summed E-state index contributed by atoms with van der Waals surface area (Å²) in [5.74, 6) is 0. The minimum Gasteiger partial charge on any atom is -0.379 e. The first kappa shape index (κ1) is 15.4. The van der Waals surface area contributed by atoms with Gasteiger partial charge in [-0.3, -0.25) is 9.80 Å². The van der Waals surface area contributed by atoms with Gasteiger partial charge in [-0.25, -0.2) is 0 Å². The molecule has 0 aromatic rings. The van der Waals surface area contributed by atoms with Gasteiger partial charge in [0.05, 0.1) is 13.2 Å². The first-order valence-corrected chi connectivity index (χ1v) is 8.04. The number of rotatable bonds is 8. The number of hydrogen-bond donors (Lipinski definition) is 0. The predicted molar refractivity (Wildman–Crippen MR) is 77.0 cm³/mol. The van der Waals surface area contributed by atoms with E-state index in [1.807, 2.05) is 0 Å². The van der Waals surface area contributed by atoms with Crippen LogP contribution in [0.15, 0.2) is 0 Å². The largest absolute Gasteiger partial charge is 0.379 e. The maximum Gasteiger partial charge on any atom is 0.0594 e. The monoisotopic (exact) mass is 306 g/mol. The molecule has 0 N–H and O–H groups in total. The fraction of sp³-hybridized carbons (Fsp3) is 1.00. The molecule has 0 amide bonds. The van der Waals surface area contributed by atoms with E-state index in [0.29, 0.717) is 0 Å². The Balaban J connectivity index is 2.31. The molecule has 1 heterocycles. The van der Waals surface area contributed by atoms with Crippen LogP contribution in [0.25, 0.3) is 0 Å². The van der Waals surface area contributed by atoms with Crippen LogP contribution in [0.2, 0.25) is 0 Å². The molecular formula is C13H27BrN2O. The number of nitrogens with zero attached hydrogens (tertiary/aromatic N) is 2. The molecule has 4 heteroatoms. The van der Waals surface area contributed by atoms with Gasteiger partial charge in [-0.05, 0) is 12.8 Å². The topological polar surface area (TPSA) is 15.7 Å². The zero-order chi connectivity index (χ0) is 12.5. The molecule has 1 rings (SSSR count). The van der Waals surface area contributed by atoms with Crippen molar-refractivity contribution in [3.8, 4) is 0 Å². The lowest BCUT2D eigenvalue weighted by Gasteiger charge is -2.33. The van der Waals surface area contributed by atoms with E-state index in [1.165, 1.54) is 25.9 Å². The van der Waals surface area contributed by atoms with Crippen molar-refractivity contribution >= 4 is 15.9 Å². The summed E-state index contributed by atoms with van der Waals surface area (Å²) in [4.78, 5) is 5.15. The van der Waals surface area contributed by atoms with Gasteiger partial charge in [-0.2, -0.15) is 0 Å². The van der Waals surface area contributed by atoms with Crippen LogP contribution in [0, 0.1) is 0 Å². The van der Waals surface area contributed by atoms with Gasteiger partial charge in [0.2, 0.25) is 0 Å². The third-order valence-corrected chi connectivity index (χ3v) is 3.99. The molecule has 0 atom stereocenters. The normalized spacial score (nSPS) is 18.2. The highest BCUT2D eigenvalue weighted by molar-refractivity contribution is 9.09. The highest BCUT2D eigenvalue weighted by Crippen LogP contribution is 2.09. The Morgan fingerprint density at radius 2 is 1.82 bits per heavy atom. The highest BCUT2D eigenvalue weighted by Gasteiger charge is 2.16. The molecule has 3 nitrogen and oxygen atoms in total. The molecule has 0 unspecified atom stereocenters. The van der Waals surface area contributed by atoms with Gasteiger partial charge in [0.15, 0.2) is 0 Å². The lowest BCUT2D eigenvalue weighted by atomic mass is 10.1. The minimum absolute atomic E-state index is 0.744. The third kappa shape index (κ3) is 5.69. The molecule has 0 aromatic heterocycles. The Morgan fingerprint density at radius 1 is 1.18 bits per heavy atom. The van der Waals surface area contributed by atoms with Crippen LogP contribution < -0.4 is 0 Å². The molecule has 1 saturated heterocycles. The van der Waals surface area contributed by atoms with Crippen molar-refractivity contribution in [3.63, 3.8) is 0 Å². The van der Waals surface area contributed by atoms with Gasteiger partial charge in [0.1, 0.15) is 0 Å². The maximum atomic E-state index is 5.38. The van der Waals surface area contributed by atoms with Crippen molar-refractivity contribution in [2.75, 3.05) is 51.3 Å². The second kappa shape index (κ2) is 9.31. The van der Waals surface area contributed by atoms with E-state index in [1.54, 1.807) is 0 Å². The summed E-state index contributed by atoms with van der Waals surface area (Å²) < 4.78 is 5.38. The molecule has 1 fully saturated rings. The van der Waals surface area contributed by atoms with E-state index in [9.17, 15) is 0 Å². The first-order chi connectivity index (χ1) is 8.31. The molecule has 0 bridgehead atoms. The first-order valence-electron chi connectivity index (χ1n) is 6.91. The number of morpholine rings is 1. The molecule has 0 saturated carbocycles. The van der Waals surface area contributed by atoms with Crippen molar-refractivity contribution in [1.29, 1.82) is 0 Å². The van der Waals surface area contributed by atoms with E-state index in [2.05, 4.69) is 39.6 Å². The van der Waals surface area contributed by atoms with Crippen molar-refractivity contribution in [2.45, 2.75) is 32.7 Å². The summed E-state index contributed by atoms with van der Waals surface area (Å²) in [6.45, 7) is 12.2. The molecule has 102 valence electrons. The molecule has 0 aromatic carbocycles. The number of alkyl halides is 1. The summed E-state index contributed by atoms with van der Waals surface area (Å²) in [7, 11) is 0. The van der Waals surface area contributed by atoms with E-state index in [0.717, 1.165) is 44.2 Å². The molecule has 17 heavy (non-hydrogen) atoms. The van der Waals surface area contributed by atoms with E-state index < -0.39 is 0 Å². The number of ether oxygens (including phenoxy) is 1. The Bertz CT molecular complexity index is 182. The van der Waals surface area contributed by atoms with Crippen LogP contribution in [-0.2, 0) is 4.74 Å². The SMILES string of the molecule is CCC(CC)N(CCBr)CCN1CCOCC1. The van der Waals surface area contributed by atoms with E-state index in [-0.39, 0.29) is 0 Å². The van der Waals surface area contributed by atoms with Crippen LogP contribution in [0.4, 0.5) is 0 Å². The second-order valence-electron chi connectivity index (χ2n) is 4.65. The number of halogens is 1. The molecular weight excluding hydrogens is 280 g/mol. The Hall–Kier alpha value is 0.360. The lowest BCUT2D eigenvalue weighted by molar-refractivity contribution is 0.0309.